The Morgan fingerprint density at radius 1 is 1.03 bits per heavy atom. The highest BCUT2D eigenvalue weighted by atomic mass is 16.7. The van der Waals surface area contributed by atoms with Gasteiger partial charge in [0.25, 0.3) is 0 Å². The molecule has 3 aromatic rings. The summed E-state index contributed by atoms with van der Waals surface area (Å²) >= 11 is 0. The summed E-state index contributed by atoms with van der Waals surface area (Å²) in [5.41, 5.74) is 1.74. The topological polar surface area (TPSA) is 89.8 Å². The zero-order chi connectivity index (χ0) is 20.2. The average Bonchev–Trinajstić information content (AvgIpc) is 3.40. The number of furan rings is 1. The Morgan fingerprint density at radius 3 is 2.48 bits per heavy atom. The van der Waals surface area contributed by atoms with E-state index in [1.54, 1.807) is 24.5 Å². The highest BCUT2D eigenvalue weighted by molar-refractivity contribution is 6.05. The zero-order valence-corrected chi connectivity index (χ0v) is 15.8. The van der Waals surface area contributed by atoms with Crippen molar-refractivity contribution < 1.29 is 23.5 Å². The molecule has 0 saturated heterocycles. The Hall–Kier alpha value is -3.58. The molecule has 1 amide bonds. The number of hydrogen-bond acceptors (Lipinski definition) is 6. The van der Waals surface area contributed by atoms with E-state index >= 15 is 0 Å². The first kappa shape index (κ1) is 18.8. The summed E-state index contributed by atoms with van der Waals surface area (Å²) in [6.45, 7) is 1.55. The van der Waals surface area contributed by atoms with Crippen molar-refractivity contribution in [2.24, 2.45) is 0 Å². The van der Waals surface area contributed by atoms with Crippen LogP contribution in [0.15, 0.2) is 65.3 Å². The van der Waals surface area contributed by atoms with Crippen molar-refractivity contribution in [1.82, 2.24) is 5.32 Å². The molecule has 0 bridgehead atoms. The van der Waals surface area contributed by atoms with Crippen molar-refractivity contribution in [3.8, 4) is 11.5 Å². The molecule has 2 aromatic carbocycles. The molecule has 7 nitrogen and oxygen atoms in total. The number of anilines is 1. The fraction of sp³-hybridized carbons (Fsp3) is 0.182. The summed E-state index contributed by atoms with van der Waals surface area (Å²) in [5.74, 6) is 1.23. The number of Topliss-reactive ketones (excluding diaryl/α,β-unsaturated/α-hetero) is 1. The molecule has 1 atom stereocenters. The van der Waals surface area contributed by atoms with Crippen molar-refractivity contribution in [2.45, 2.75) is 13.0 Å². The van der Waals surface area contributed by atoms with E-state index in [0.717, 1.165) is 5.56 Å². The first-order chi connectivity index (χ1) is 14.1. The monoisotopic (exact) mass is 392 g/mol. The van der Waals surface area contributed by atoms with Gasteiger partial charge in [-0.3, -0.25) is 14.9 Å². The van der Waals surface area contributed by atoms with E-state index in [-0.39, 0.29) is 31.1 Å². The average molecular weight is 392 g/mol. The van der Waals surface area contributed by atoms with Gasteiger partial charge in [0.1, 0.15) is 5.76 Å². The van der Waals surface area contributed by atoms with E-state index in [9.17, 15) is 9.59 Å². The number of nitrogens with one attached hydrogen (secondary N) is 2. The van der Waals surface area contributed by atoms with Gasteiger partial charge in [0.2, 0.25) is 12.7 Å². The largest absolute Gasteiger partial charge is 0.467 e. The third kappa shape index (κ3) is 4.14. The summed E-state index contributed by atoms with van der Waals surface area (Å²) in [5, 5.41) is 6.00. The highest BCUT2D eigenvalue weighted by Crippen LogP contribution is 2.37. The van der Waals surface area contributed by atoms with Crippen LogP contribution in [0.4, 0.5) is 5.69 Å². The lowest BCUT2D eigenvalue weighted by molar-refractivity contribution is -0.115. The maximum atomic E-state index is 12.6. The van der Waals surface area contributed by atoms with Crippen LogP contribution < -0.4 is 20.1 Å². The van der Waals surface area contributed by atoms with Crippen LogP contribution in [0.1, 0.15) is 34.6 Å². The molecule has 2 N–H and O–H groups in total. The fourth-order valence-electron chi connectivity index (χ4n) is 3.21. The number of amides is 1. The van der Waals surface area contributed by atoms with Crippen molar-refractivity contribution >= 4 is 17.4 Å². The number of benzene rings is 2. The minimum Gasteiger partial charge on any atom is -0.467 e. The summed E-state index contributed by atoms with van der Waals surface area (Å²) in [7, 11) is 0. The van der Waals surface area contributed by atoms with E-state index in [4.69, 9.17) is 13.9 Å². The van der Waals surface area contributed by atoms with E-state index in [1.807, 2.05) is 36.4 Å². The highest BCUT2D eigenvalue weighted by Gasteiger charge is 2.21. The molecule has 1 aliphatic rings. The zero-order valence-electron chi connectivity index (χ0n) is 15.8. The van der Waals surface area contributed by atoms with E-state index in [0.29, 0.717) is 28.5 Å². The number of hydrogen-bond donors (Lipinski definition) is 2. The molecule has 1 aromatic heterocycles. The molecule has 2 heterocycles. The molecular weight excluding hydrogens is 372 g/mol. The van der Waals surface area contributed by atoms with Gasteiger partial charge in [0.15, 0.2) is 17.3 Å². The summed E-state index contributed by atoms with van der Waals surface area (Å²) in [6, 6.07) is 16.3. The third-order valence-electron chi connectivity index (χ3n) is 4.59. The second kappa shape index (κ2) is 8.20. The molecule has 0 saturated carbocycles. The van der Waals surface area contributed by atoms with Crippen molar-refractivity contribution in [1.29, 1.82) is 0 Å². The number of carbonyl (C=O) groups is 2. The Kier molecular flexibility index (Phi) is 5.31. The van der Waals surface area contributed by atoms with Crippen LogP contribution >= 0.6 is 0 Å². The smallest absolute Gasteiger partial charge is 0.238 e. The van der Waals surface area contributed by atoms with Crippen LogP contribution in [-0.4, -0.2) is 25.0 Å². The molecule has 1 aliphatic heterocycles. The lowest BCUT2D eigenvalue weighted by atomic mass is 10.0. The number of carbonyl (C=O) groups excluding carboxylic acids is 2. The molecule has 29 heavy (non-hydrogen) atoms. The normalized spacial score (nSPS) is 13.1. The summed E-state index contributed by atoms with van der Waals surface area (Å²) in [4.78, 5) is 24.6. The summed E-state index contributed by atoms with van der Waals surface area (Å²) < 4.78 is 16.2. The second-order valence-electron chi connectivity index (χ2n) is 6.60. The summed E-state index contributed by atoms with van der Waals surface area (Å²) in [6.07, 6.45) is 1.60. The lowest BCUT2D eigenvalue weighted by Crippen LogP contribution is -2.32. The van der Waals surface area contributed by atoms with Crippen LogP contribution in [0.3, 0.4) is 0 Å². The predicted octanol–water partition coefficient (Wildman–Crippen LogP) is 3.53. The molecule has 0 radical (unpaired) electrons. The number of rotatable bonds is 7. The number of fused-ring (bicyclic) bond motifs is 1. The van der Waals surface area contributed by atoms with Crippen LogP contribution in [0.25, 0.3) is 0 Å². The van der Waals surface area contributed by atoms with Gasteiger partial charge >= 0.3 is 0 Å². The van der Waals surface area contributed by atoms with Crippen LogP contribution in [-0.2, 0) is 4.79 Å². The molecule has 7 heteroatoms. The van der Waals surface area contributed by atoms with Crippen LogP contribution in [0, 0.1) is 0 Å². The Balaban J connectivity index is 1.49. The van der Waals surface area contributed by atoms with Crippen molar-refractivity contribution in [3.05, 3.63) is 77.7 Å². The number of ether oxygens (including phenoxy) is 2. The predicted molar refractivity (Wildman–Crippen MR) is 106 cm³/mol. The first-order valence-corrected chi connectivity index (χ1v) is 9.18. The Labute approximate surface area is 167 Å². The van der Waals surface area contributed by atoms with Crippen molar-refractivity contribution in [2.75, 3.05) is 18.7 Å². The quantitative estimate of drug-likeness (QED) is 0.598. The second-order valence-corrected chi connectivity index (χ2v) is 6.60. The van der Waals surface area contributed by atoms with E-state index in [1.165, 1.54) is 6.92 Å². The molecule has 0 unspecified atom stereocenters. The minimum atomic E-state index is -0.293. The standard InChI is InChI=1S/C22H20N2O5/c1-14(25)16-10-19-20(29-13-28-19)11-17(16)24-21(26)12-23-22(18-8-5-9-27-18)15-6-3-2-4-7-15/h2-11,22-23H,12-13H2,1H3,(H,24,26)/t22-/m1/s1. The van der Waals surface area contributed by atoms with Crippen molar-refractivity contribution in [3.63, 3.8) is 0 Å². The molecule has 0 aliphatic carbocycles. The Morgan fingerprint density at radius 2 is 1.79 bits per heavy atom. The van der Waals surface area contributed by atoms with Gasteiger partial charge in [0.05, 0.1) is 24.5 Å². The Bertz CT molecular complexity index is 1020. The van der Waals surface area contributed by atoms with Crippen LogP contribution in [0.5, 0.6) is 11.5 Å². The molecule has 148 valence electrons. The van der Waals surface area contributed by atoms with Gasteiger partial charge < -0.3 is 19.2 Å². The fourth-order valence-corrected chi connectivity index (χ4v) is 3.21. The lowest BCUT2D eigenvalue weighted by Gasteiger charge is -2.17. The third-order valence-corrected chi connectivity index (χ3v) is 4.59. The minimum absolute atomic E-state index is 0.0199. The molecule has 0 spiro atoms. The van der Waals surface area contributed by atoms with Gasteiger partial charge in [-0.05, 0) is 30.7 Å². The van der Waals surface area contributed by atoms with Gasteiger partial charge in [-0.1, -0.05) is 30.3 Å². The van der Waals surface area contributed by atoms with Gasteiger partial charge in [-0.2, -0.15) is 0 Å². The van der Waals surface area contributed by atoms with Gasteiger partial charge in [0, 0.05) is 11.6 Å². The number of ketones is 1. The van der Waals surface area contributed by atoms with Gasteiger partial charge in [-0.25, -0.2) is 0 Å². The molecule has 0 fully saturated rings. The van der Waals surface area contributed by atoms with Gasteiger partial charge in [-0.15, -0.1) is 0 Å². The van der Waals surface area contributed by atoms with E-state index in [2.05, 4.69) is 10.6 Å². The van der Waals surface area contributed by atoms with Crippen LogP contribution in [0.2, 0.25) is 0 Å². The SMILES string of the molecule is CC(=O)c1cc2c(cc1NC(=O)CN[C@H](c1ccccc1)c1ccco1)OCO2. The molecule has 4 rings (SSSR count). The maximum absolute atomic E-state index is 12.6. The maximum Gasteiger partial charge on any atom is 0.238 e. The first-order valence-electron chi connectivity index (χ1n) is 9.18. The van der Waals surface area contributed by atoms with E-state index < -0.39 is 0 Å². The molecular formula is C22H20N2O5.